The highest BCUT2D eigenvalue weighted by Crippen LogP contribution is 1.88. The van der Waals surface area contributed by atoms with Crippen molar-refractivity contribution in [1.29, 1.82) is 0 Å². The fourth-order valence-electron chi connectivity index (χ4n) is 0.615. The molecule has 0 rings (SSSR count). The first-order valence-corrected chi connectivity index (χ1v) is 3.92. The Kier molecular flexibility index (Phi) is 4.92. The van der Waals surface area contributed by atoms with Crippen molar-refractivity contribution in [3.8, 4) is 10.8 Å². The maximum Gasteiger partial charge on any atom is 0.299 e. The van der Waals surface area contributed by atoms with Gasteiger partial charge in [0.1, 0.15) is 0 Å². The Morgan fingerprint density at radius 1 is 1.82 bits per heavy atom. The van der Waals surface area contributed by atoms with Crippen molar-refractivity contribution in [2.24, 2.45) is 0 Å². The Hall–Kier alpha value is -0.530. The van der Waals surface area contributed by atoms with E-state index in [9.17, 15) is 4.79 Å². The van der Waals surface area contributed by atoms with E-state index < -0.39 is 6.10 Å². The zero-order valence-electron chi connectivity index (χ0n) is 6.47. The second kappa shape index (κ2) is 5.16. The summed E-state index contributed by atoms with van der Waals surface area (Å²) >= 11 is 2.81. The van der Waals surface area contributed by atoms with E-state index in [2.05, 4.69) is 26.7 Å². The molecule has 4 heteroatoms. The van der Waals surface area contributed by atoms with Crippen LogP contribution in [0.1, 0.15) is 6.92 Å². The van der Waals surface area contributed by atoms with Crippen LogP contribution in [0.15, 0.2) is 0 Å². The lowest BCUT2D eigenvalue weighted by Crippen LogP contribution is -2.31. The largest absolute Gasteiger partial charge is 0.392 e. The van der Waals surface area contributed by atoms with Gasteiger partial charge in [-0.15, -0.1) is 0 Å². The van der Waals surface area contributed by atoms with E-state index in [1.54, 1.807) is 14.0 Å². The third-order valence-corrected chi connectivity index (χ3v) is 1.24. The Balaban J connectivity index is 3.89. The molecule has 1 atom stereocenters. The van der Waals surface area contributed by atoms with Crippen LogP contribution in [0.3, 0.4) is 0 Å². The number of carbonyl (C=O) groups excluding carboxylic acids is 1. The number of nitrogens with zero attached hydrogens (tertiary/aromatic N) is 1. The van der Waals surface area contributed by atoms with Crippen LogP contribution < -0.4 is 0 Å². The number of hydrogen-bond acceptors (Lipinski definition) is 2. The molecular formula is C7H10BrNO2. The normalized spacial score (nSPS) is 11.3. The number of amides is 1. The lowest BCUT2D eigenvalue weighted by atomic mass is 10.4. The highest BCUT2D eigenvalue weighted by Gasteiger charge is 2.06. The molecule has 0 fully saturated rings. The summed E-state index contributed by atoms with van der Waals surface area (Å²) in [6.07, 6.45) is -0.513. The van der Waals surface area contributed by atoms with E-state index in [4.69, 9.17) is 5.11 Å². The Morgan fingerprint density at radius 2 is 2.36 bits per heavy atom. The van der Waals surface area contributed by atoms with Gasteiger partial charge in [0.05, 0.1) is 6.10 Å². The minimum atomic E-state index is -0.513. The van der Waals surface area contributed by atoms with Gasteiger partial charge in [-0.2, -0.15) is 0 Å². The van der Waals surface area contributed by atoms with Crippen LogP contribution in [-0.2, 0) is 4.79 Å². The molecular weight excluding hydrogens is 210 g/mol. The number of rotatable bonds is 2. The molecule has 3 nitrogen and oxygen atoms in total. The number of hydrogen-bond donors (Lipinski definition) is 1. The van der Waals surface area contributed by atoms with Crippen molar-refractivity contribution < 1.29 is 9.90 Å². The average molecular weight is 220 g/mol. The fraction of sp³-hybridized carbons (Fsp3) is 0.571. The van der Waals surface area contributed by atoms with Crippen LogP contribution in [-0.4, -0.2) is 35.6 Å². The smallest absolute Gasteiger partial charge is 0.299 e. The summed E-state index contributed by atoms with van der Waals surface area (Å²) in [6.45, 7) is 1.92. The van der Waals surface area contributed by atoms with Crippen molar-refractivity contribution in [2.75, 3.05) is 13.6 Å². The van der Waals surface area contributed by atoms with Crippen molar-refractivity contribution >= 4 is 21.8 Å². The third-order valence-electron chi connectivity index (χ3n) is 1.04. The first kappa shape index (κ1) is 10.5. The maximum atomic E-state index is 10.9. The zero-order chi connectivity index (χ0) is 8.85. The van der Waals surface area contributed by atoms with Gasteiger partial charge in [0, 0.05) is 35.4 Å². The van der Waals surface area contributed by atoms with E-state index in [0.717, 1.165) is 0 Å². The number of likely N-dealkylation sites (N-methyl/N-ethyl adjacent to an activating group) is 1. The zero-order valence-corrected chi connectivity index (χ0v) is 8.05. The lowest BCUT2D eigenvalue weighted by molar-refractivity contribution is -0.124. The molecule has 1 N–H and O–H groups in total. The molecule has 0 radical (unpaired) electrons. The molecule has 1 amide bonds. The predicted molar refractivity (Wildman–Crippen MR) is 46.0 cm³/mol. The summed E-state index contributed by atoms with van der Waals surface area (Å²) in [5.74, 6) is 1.99. The molecule has 11 heavy (non-hydrogen) atoms. The van der Waals surface area contributed by atoms with Gasteiger partial charge in [-0.05, 0) is 11.8 Å². The van der Waals surface area contributed by atoms with Crippen LogP contribution in [0.2, 0.25) is 0 Å². The lowest BCUT2D eigenvalue weighted by Gasteiger charge is -2.14. The predicted octanol–water partition coefficient (Wildman–Crippen LogP) is 0.181. The molecule has 0 aromatic rings. The Morgan fingerprint density at radius 3 is 2.73 bits per heavy atom. The summed E-state index contributed by atoms with van der Waals surface area (Å²) in [4.78, 5) is 14.6. The van der Waals surface area contributed by atoms with Crippen LogP contribution >= 0.6 is 15.9 Å². The molecule has 1 unspecified atom stereocenters. The number of aliphatic hydroxyl groups excluding tert-OH is 1. The molecule has 0 aliphatic heterocycles. The van der Waals surface area contributed by atoms with Crippen molar-refractivity contribution in [3.05, 3.63) is 0 Å². The standard InChI is InChI=1S/C7H10BrNO2/c1-6(10)5-9(2)7(11)3-4-8/h6,10H,5H2,1-2H3. The summed E-state index contributed by atoms with van der Waals surface area (Å²) in [5.41, 5.74) is 0. The molecule has 0 spiro atoms. The van der Waals surface area contributed by atoms with Gasteiger partial charge in [0.25, 0.3) is 5.91 Å². The van der Waals surface area contributed by atoms with Gasteiger partial charge in [0.2, 0.25) is 0 Å². The van der Waals surface area contributed by atoms with Crippen molar-refractivity contribution in [1.82, 2.24) is 4.90 Å². The van der Waals surface area contributed by atoms with Crippen LogP contribution in [0.25, 0.3) is 0 Å². The molecule has 0 saturated carbocycles. The van der Waals surface area contributed by atoms with E-state index in [0.29, 0.717) is 6.54 Å². The van der Waals surface area contributed by atoms with Crippen molar-refractivity contribution in [3.63, 3.8) is 0 Å². The second-order valence-electron chi connectivity index (χ2n) is 2.25. The van der Waals surface area contributed by atoms with E-state index >= 15 is 0 Å². The van der Waals surface area contributed by atoms with Gasteiger partial charge in [-0.1, -0.05) is 0 Å². The van der Waals surface area contributed by atoms with Gasteiger partial charge in [-0.25, -0.2) is 0 Å². The minimum absolute atomic E-state index is 0.303. The summed E-state index contributed by atoms with van der Waals surface area (Å²) in [7, 11) is 1.59. The topological polar surface area (TPSA) is 40.5 Å². The highest BCUT2D eigenvalue weighted by molar-refractivity contribution is 9.12. The van der Waals surface area contributed by atoms with Crippen LogP contribution in [0.4, 0.5) is 0 Å². The number of halogens is 1. The fourth-order valence-corrected chi connectivity index (χ4v) is 0.785. The first-order valence-electron chi connectivity index (χ1n) is 3.12. The van der Waals surface area contributed by atoms with E-state index in [-0.39, 0.29) is 5.91 Å². The van der Waals surface area contributed by atoms with Gasteiger partial charge in [-0.3, -0.25) is 4.79 Å². The first-order chi connectivity index (χ1) is 5.07. The third kappa shape index (κ3) is 4.82. The molecule has 0 aromatic heterocycles. The number of carbonyl (C=O) groups is 1. The molecule has 0 aliphatic carbocycles. The quantitative estimate of drug-likeness (QED) is 0.674. The number of aliphatic hydroxyl groups is 1. The SMILES string of the molecule is CC(O)CN(C)C(=O)C#CBr. The Labute approximate surface area is 74.5 Å². The molecule has 0 aromatic carbocycles. The summed E-state index contributed by atoms with van der Waals surface area (Å²) < 4.78 is 0. The van der Waals surface area contributed by atoms with Gasteiger partial charge >= 0.3 is 0 Å². The van der Waals surface area contributed by atoms with Crippen molar-refractivity contribution in [2.45, 2.75) is 13.0 Å². The van der Waals surface area contributed by atoms with E-state index in [1.165, 1.54) is 4.90 Å². The summed E-state index contributed by atoms with van der Waals surface area (Å²) in [5, 5.41) is 8.89. The van der Waals surface area contributed by atoms with Crippen LogP contribution in [0, 0.1) is 10.8 Å². The average Bonchev–Trinajstić information content (AvgIpc) is 1.86. The second-order valence-corrected chi connectivity index (χ2v) is 2.65. The van der Waals surface area contributed by atoms with E-state index in [1.807, 2.05) is 0 Å². The van der Waals surface area contributed by atoms with Gasteiger partial charge < -0.3 is 10.0 Å². The molecule has 0 saturated heterocycles. The summed E-state index contributed by atoms with van der Waals surface area (Å²) in [6, 6.07) is 0. The Bertz CT molecular complexity index is 192. The molecule has 62 valence electrons. The molecule has 0 heterocycles. The maximum absolute atomic E-state index is 10.9. The highest BCUT2D eigenvalue weighted by atomic mass is 79.9. The minimum Gasteiger partial charge on any atom is -0.392 e. The monoisotopic (exact) mass is 219 g/mol. The van der Waals surface area contributed by atoms with Crippen LogP contribution in [0.5, 0.6) is 0 Å². The molecule has 0 bridgehead atoms. The molecule has 0 aliphatic rings. The van der Waals surface area contributed by atoms with Gasteiger partial charge in [0.15, 0.2) is 0 Å².